The summed E-state index contributed by atoms with van der Waals surface area (Å²) in [6, 6.07) is 0.0577. The topological polar surface area (TPSA) is 69.7 Å². The second-order valence-electron chi connectivity index (χ2n) is 6.13. The SMILES string of the molecule is CC(C)NC(=O)CN(C)C(=O)CN(C)C/C=C/C(=O)C(C)C. The van der Waals surface area contributed by atoms with Crippen molar-refractivity contribution in [3.8, 4) is 0 Å². The minimum Gasteiger partial charge on any atom is -0.352 e. The summed E-state index contributed by atoms with van der Waals surface area (Å²) in [6.45, 7) is 8.19. The third-order valence-electron chi connectivity index (χ3n) is 2.93. The van der Waals surface area contributed by atoms with Gasteiger partial charge in [0.05, 0.1) is 13.1 Å². The van der Waals surface area contributed by atoms with Crippen molar-refractivity contribution in [2.45, 2.75) is 33.7 Å². The number of allylic oxidation sites excluding steroid dienone is 1. The molecule has 0 fully saturated rings. The number of carbonyl (C=O) groups excluding carboxylic acids is 3. The van der Waals surface area contributed by atoms with Gasteiger partial charge in [0, 0.05) is 25.6 Å². The summed E-state index contributed by atoms with van der Waals surface area (Å²) in [6.07, 6.45) is 3.30. The van der Waals surface area contributed by atoms with E-state index in [1.165, 1.54) is 4.90 Å². The average Bonchev–Trinajstić information content (AvgIpc) is 2.36. The highest BCUT2D eigenvalue weighted by Crippen LogP contribution is 1.96. The van der Waals surface area contributed by atoms with Crippen molar-refractivity contribution in [2.75, 3.05) is 33.7 Å². The molecule has 0 bridgehead atoms. The molecule has 0 heterocycles. The fourth-order valence-corrected chi connectivity index (χ4v) is 1.63. The summed E-state index contributed by atoms with van der Waals surface area (Å²) in [4.78, 5) is 38.2. The van der Waals surface area contributed by atoms with Crippen molar-refractivity contribution < 1.29 is 14.4 Å². The van der Waals surface area contributed by atoms with E-state index in [2.05, 4.69) is 5.32 Å². The number of nitrogens with zero attached hydrogens (tertiary/aromatic N) is 2. The van der Waals surface area contributed by atoms with Gasteiger partial charge in [-0.05, 0) is 27.0 Å². The van der Waals surface area contributed by atoms with Crippen LogP contribution in [0, 0.1) is 5.92 Å². The van der Waals surface area contributed by atoms with Crippen LogP contribution in [-0.2, 0) is 14.4 Å². The third-order valence-corrected chi connectivity index (χ3v) is 2.93. The van der Waals surface area contributed by atoms with Crippen LogP contribution < -0.4 is 5.32 Å². The summed E-state index contributed by atoms with van der Waals surface area (Å²) >= 11 is 0. The number of nitrogens with one attached hydrogen (secondary N) is 1. The largest absolute Gasteiger partial charge is 0.352 e. The lowest BCUT2D eigenvalue weighted by Gasteiger charge is -2.21. The molecule has 0 aromatic carbocycles. The molecular weight excluding hydrogens is 282 g/mol. The smallest absolute Gasteiger partial charge is 0.239 e. The Hall–Kier alpha value is -1.69. The Balaban J connectivity index is 4.18. The molecular formula is C16H29N3O3. The first kappa shape index (κ1) is 20.3. The molecule has 0 aromatic heterocycles. The van der Waals surface area contributed by atoms with E-state index in [0.717, 1.165) is 0 Å². The van der Waals surface area contributed by atoms with Gasteiger partial charge in [-0.3, -0.25) is 19.3 Å². The van der Waals surface area contributed by atoms with Gasteiger partial charge in [0.2, 0.25) is 11.8 Å². The van der Waals surface area contributed by atoms with E-state index in [0.29, 0.717) is 6.54 Å². The Morgan fingerprint density at radius 3 is 2.14 bits per heavy atom. The molecule has 1 N–H and O–H groups in total. The molecule has 0 radical (unpaired) electrons. The fourth-order valence-electron chi connectivity index (χ4n) is 1.63. The van der Waals surface area contributed by atoms with Gasteiger partial charge in [-0.25, -0.2) is 0 Å². The van der Waals surface area contributed by atoms with Crippen LogP contribution in [0.4, 0.5) is 0 Å². The van der Waals surface area contributed by atoms with E-state index in [1.807, 2.05) is 27.7 Å². The van der Waals surface area contributed by atoms with E-state index in [1.54, 1.807) is 31.1 Å². The zero-order valence-corrected chi connectivity index (χ0v) is 14.5. The Kier molecular flexibility index (Phi) is 9.33. The van der Waals surface area contributed by atoms with Gasteiger partial charge in [0.1, 0.15) is 0 Å². The Bertz CT molecular complexity index is 417. The fraction of sp³-hybridized carbons (Fsp3) is 0.688. The van der Waals surface area contributed by atoms with Crippen molar-refractivity contribution in [3.05, 3.63) is 12.2 Å². The Morgan fingerprint density at radius 1 is 1.05 bits per heavy atom. The molecule has 0 saturated heterocycles. The molecule has 22 heavy (non-hydrogen) atoms. The van der Waals surface area contributed by atoms with Gasteiger partial charge in [0.15, 0.2) is 5.78 Å². The minimum absolute atomic E-state index is 0.0196. The van der Waals surface area contributed by atoms with Crippen LogP contribution in [0.15, 0.2) is 12.2 Å². The van der Waals surface area contributed by atoms with Gasteiger partial charge in [-0.1, -0.05) is 19.9 Å². The van der Waals surface area contributed by atoms with Gasteiger partial charge in [-0.15, -0.1) is 0 Å². The van der Waals surface area contributed by atoms with Crippen LogP contribution in [0.2, 0.25) is 0 Å². The molecule has 2 amide bonds. The Labute approximate surface area is 133 Å². The summed E-state index contributed by atoms with van der Waals surface area (Å²) in [5.41, 5.74) is 0. The van der Waals surface area contributed by atoms with Crippen molar-refractivity contribution >= 4 is 17.6 Å². The minimum atomic E-state index is -0.170. The zero-order valence-electron chi connectivity index (χ0n) is 14.5. The maximum Gasteiger partial charge on any atom is 0.239 e. The third kappa shape index (κ3) is 9.28. The average molecular weight is 311 g/mol. The molecule has 0 spiro atoms. The number of carbonyl (C=O) groups is 3. The summed E-state index contributed by atoms with van der Waals surface area (Å²) in [5.74, 6) is -0.253. The highest BCUT2D eigenvalue weighted by molar-refractivity contribution is 5.91. The molecule has 0 aliphatic rings. The van der Waals surface area contributed by atoms with Crippen LogP contribution in [0.25, 0.3) is 0 Å². The Morgan fingerprint density at radius 2 is 1.64 bits per heavy atom. The number of hydrogen-bond donors (Lipinski definition) is 1. The first-order valence-electron chi connectivity index (χ1n) is 7.55. The molecule has 0 aromatic rings. The summed E-state index contributed by atoms with van der Waals surface area (Å²) in [5, 5.41) is 2.74. The van der Waals surface area contributed by atoms with Crippen molar-refractivity contribution in [1.29, 1.82) is 0 Å². The highest BCUT2D eigenvalue weighted by atomic mass is 16.2. The quantitative estimate of drug-likeness (QED) is 0.636. The van der Waals surface area contributed by atoms with E-state index in [-0.39, 0.29) is 42.6 Å². The molecule has 126 valence electrons. The van der Waals surface area contributed by atoms with Gasteiger partial charge in [-0.2, -0.15) is 0 Å². The normalized spacial score (nSPS) is 11.5. The molecule has 6 nitrogen and oxygen atoms in total. The van der Waals surface area contributed by atoms with E-state index >= 15 is 0 Å². The molecule has 0 unspecified atom stereocenters. The first-order chi connectivity index (χ1) is 10.1. The zero-order chi connectivity index (χ0) is 17.3. The van der Waals surface area contributed by atoms with Crippen LogP contribution in [0.5, 0.6) is 0 Å². The molecule has 6 heteroatoms. The van der Waals surface area contributed by atoms with Gasteiger partial charge in [0.25, 0.3) is 0 Å². The molecule has 0 atom stereocenters. The molecule has 0 saturated carbocycles. The highest BCUT2D eigenvalue weighted by Gasteiger charge is 2.14. The molecule has 0 aliphatic carbocycles. The van der Waals surface area contributed by atoms with Gasteiger partial charge < -0.3 is 10.2 Å². The van der Waals surface area contributed by atoms with Crippen molar-refractivity contribution in [2.24, 2.45) is 5.92 Å². The van der Waals surface area contributed by atoms with E-state index in [9.17, 15) is 14.4 Å². The van der Waals surface area contributed by atoms with Crippen LogP contribution in [0.1, 0.15) is 27.7 Å². The number of likely N-dealkylation sites (N-methyl/N-ethyl adjacent to an activating group) is 2. The number of rotatable bonds is 9. The van der Waals surface area contributed by atoms with Gasteiger partial charge >= 0.3 is 0 Å². The van der Waals surface area contributed by atoms with E-state index in [4.69, 9.17) is 0 Å². The molecule has 0 rings (SSSR count). The second-order valence-corrected chi connectivity index (χ2v) is 6.13. The van der Waals surface area contributed by atoms with E-state index < -0.39 is 0 Å². The number of hydrogen-bond acceptors (Lipinski definition) is 4. The monoisotopic (exact) mass is 311 g/mol. The standard InChI is InChI=1S/C16H29N3O3/c1-12(2)14(20)8-7-9-18(5)11-16(22)19(6)10-15(21)17-13(3)4/h7-8,12-13H,9-11H2,1-6H3,(H,17,21)/b8-7+. The van der Waals surface area contributed by atoms with Crippen LogP contribution >= 0.6 is 0 Å². The summed E-state index contributed by atoms with van der Waals surface area (Å²) in [7, 11) is 3.40. The van der Waals surface area contributed by atoms with Crippen LogP contribution in [-0.4, -0.2) is 67.2 Å². The lowest BCUT2D eigenvalue weighted by atomic mass is 10.1. The lowest BCUT2D eigenvalue weighted by Crippen LogP contribution is -2.43. The van der Waals surface area contributed by atoms with Crippen LogP contribution in [0.3, 0.4) is 0 Å². The number of amides is 2. The maximum atomic E-state index is 12.0. The van der Waals surface area contributed by atoms with Crippen molar-refractivity contribution in [1.82, 2.24) is 15.1 Å². The predicted octanol–water partition coefficient (Wildman–Crippen LogP) is 0.683. The van der Waals surface area contributed by atoms with Crippen molar-refractivity contribution in [3.63, 3.8) is 0 Å². The molecule has 0 aliphatic heterocycles. The number of ketones is 1. The first-order valence-corrected chi connectivity index (χ1v) is 7.55. The summed E-state index contributed by atoms with van der Waals surface area (Å²) < 4.78 is 0. The maximum absolute atomic E-state index is 12.0. The predicted molar refractivity (Wildman–Crippen MR) is 87.4 cm³/mol. The lowest BCUT2D eigenvalue weighted by molar-refractivity contribution is -0.135. The second kappa shape index (κ2) is 10.1.